The fourth-order valence-corrected chi connectivity index (χ4v) is 1.09. The predicted octanol–water partition coefficient (Wildman–Crippen LogP) is 0.641. The van der Waals surface area contributed by atoms with E-state index in [1.54, 1.807) is 6.92 Å². The standard InChI is InChI=1S/C10H11N3O6/c1-2-18-10(15)12-8(14)6-19-7-4-3-5-11-9(7)13(16)17/h3-5H,2,6H2,1H3,(H,12,14,15). The predicted molar refractivity (Wildman–Crippen MR) is 61.6 cm³/mol. The summed E-state index contributed by atoms with van der Waals surface area (Å²) in [7, 11) is 0. The monoisotopic (exact) mass is 269 g/mol. The summed E-state index contributed by atoms with van der Waals surface area (Å²) < 4.78 is 9.39. The van der Waals surface area contributed by atoms with E-state index in [1.807, 2.05) is 5.32 Å². The first-order chi connectivity index (χ1) is 9.04. The molecule has 1 aromatic rings. The third-order valence-corrected chi connectivity index (χ3v) is 1.80. The topological polar surface area (TPSA) is 121 Å². The minimum Gasteiger partial charge on any atom is -0.476 e. The number of amides is 2. The van der Waals surface area contributed by atoms with Crippen molar-refractivity contribution in [3.05, 3.63) is 28.4 Å². The molecule has 0 aromatic carbocycles. The molecule has 0 radical (unpaired) electrons. The summed E-state index contributed by atoms with van der Waals surface area (Å²) >= 11 is 0. The van der Waals surface area contributed by atoms with Crippen LogP contribution < -0.4 is 10.1 Å². The van der Waals surface area contributed by atoms with E-state index < -0.39 is 29.3 Å². The molecule has 0 aliphatic rings. The number of hydrogen-bond acceptors (Lipinski definition) is 7. The molecule has 0 unspecified atom stereocenters. The van der Waals surface area contributed by atoms with Crippen molar-refractivity contribution in [1.82, 2.24) is 10.3 Å². The Kier molecular flexibility index (Phi) is 5.20. The minimum absolute atomic E-state index is 0.119. The molecule has 0 spiro atoms. The van der Waals surface area contributed by atoms with Gasteiger partial charge in [-0.1, -0.05) is 0 Å². The average molecular weight is 269 g/mol. The summed E-state index contributed by atoms with van der Waals surface area (Å²) in [4.78, 5) is 35.5. The zero-order valence-corrected chi connectivity index (χ0v) is 9.99. The van der Waals surface area contributed by atoms with Gasteiger partial charge in [0.2, 0.25) is 5.75 Å². The first-order valence-electron chi connectivity index (χ1n) is 5.23. The molecule has 0 saturated heterocycles. The third-order valence-electron chi connectivity index (χ3n) is 1.80. The van der Waals surface area contributed by atoms with Crippen molar-refractivity contribution in [2.75, 3.05) is 13.2 Å². The Morgan fingerprint density at radius 1 is 1.53 bits per heavy atom. The largest absolute Gasteiger partial charge is 0.476 e. The van der Waals surface area contributed by atoms with Gasteiger partial charge in [-0.05, 0) is 29.0 Å². The molecule has 0 atom stereocenters. The maximum atomic E-state index is 11.3. The molecule has 0 aliphatic heterocycles. The number of aromatic nitrogens is 1. The molecule has 9 heteroatoms. The van der Waals surface area contributed by atoms with Gasteiger partial charge in [-0.3, -0.25) is 10.1 Å². The van der Waals surface area contributed by atoms with Crippen molar-refractivity contribution in [1.29, 1.82) is 0 Å². The van der Waals surface area contributed by atoms with E-state index in [9.17, 15) is 19.7 Å². The van der Waals surface area contributed by atoms with Gasteiger partial charge in [-0.2, -0.15) is 0 Å². The lowest BCUT2D eigenvalue weighted by Gasteiger charge is -2.06. The Hall–Kier alpha value is -2.71. The summed E-state index contributed by atoms with van der Waals surface area (Å²) in [5.74, 6) is -1.45. The van der Waals surface area contributed by atoms with Gasteiger partial charge in [0, 0.05) is 0 Å². The highest BCUT2D eigenvalue weighted by Crippen LogP contribution is 2.22. The normalized spacial score (nSPS) is 9.53. The van der Waals surface area contributed by atoms with Gasteiger partial charge in [-0.15, -0.1) is 0 Å². The number of nitrogens with zero attached hydrogens (tertiary/aromatic N) is 2. The lowest BCUT2D eigenvalue weighted by molar-refractivity contribution is -0.390. The summed E-state index contributed by atoms with van der Waals surface area (Å²) in [6, 6.07) is 2.72. The molecular weight excluding hydrogens is 258 g/mol. The van der Waals surface area contributed by atoms with Crippen molar-refractivity contribution in [2.45, 2.75) is 6.92 Å². The van der Waals surface area contributed by atoms with E-state index in [0.29, 0.717) is 0 Å². The van der Waals surface area contributed by atoms with Gasteiger partial charge < -0.3 is 19.6 Å². The van der Waals surface area contributed by atoms with Gasteiger partial charge in [0.15, 0.2) is 6.61 Å². The summed E-state index contributed by atoms with van der Waals surface area (Å²) in [6.07, 6.45) is 0.320. The van der Waals surface area contributed by atoms with Gasteiger partial charge in [-0.25, -0.2) is 4.79 Å². The van der Waals surface area contributed by atoms with Gasteiger partial charge in [0.25, 0.3) is 5.91 Å². The van der Waals surface area contributed by atoms with Crippen molar-refractivity contribution < 1.29 is 24.0 Å². The number of pyridine rings is 1. The third kappa shape index (κ3) is 4.58. The minimum atomic E-state index is -0.906. The molecule has 19 heavy (non-hydrogen) atoms. The number of nitrogens with one attached hydrogen (secondary N) is 1. The van der Waals surface area contributed by atoms with Crippen molar-refractivity contribution in [3.63, 3.8) is 0 Å². The summed E-state index contributed by atoms with van der Waals surface area (Å²) in [6.45, 7) is 1.14. The van der Waals surface area contributed by atoms with Crippen LogP contribution in [0.2, 0.25) is 0 Å². The second-order valence-electron chi connectivity index (χ2n) is 3.14. The number of alkyl carbamates (subject to hydrolysis) is 1. The Labute approximate surface area is 107 Å². The summed E-state index contributed by atoms with van der Waals surface area (Å²) in [5, 5.41) is 12.5. The molecule has 1 rings (SSSR count). The Morgan fingerprint density at radius 3 is 2.89 bits per heavy atom. The van der Waals surface area contributed by atoms with Crippen LogP contribution >= 0.6 is 0 Å². The molecular formula is C10H11N3O6. The van der Waals surface area contributed by atoms with E-state index in [2.05, 4.69) is 9.72 Å². The van der Waals surface area contributed by atoms with Crippen molar-refractivity contribution >= 4 is 17.8 Å². The SMILES string of the molecule is CCOC(=O)NC(=O)COc1cccnc1[N+](=O)[O-]. The first-order valence-corrected chi connectivity index (χ1v) is 5.23. The average Bonchev–Trinajstić information content (AvgIpc) is 2.36. The van der Waals surface area contributed by atoms with E-state index in [4.69, 9.17) is 4.74 Å². The van der Waals surface area contributed by atoms with Crippen LogP contribution in [0.5, 0.6) is 5.75 Å². The van der Waals surface area contributed by atoms with Crippen LogP contribution in [0, 0.1) is 10.1 Å². The number of carbonyl (C=O) groups excluding carboxylic acids is 2. The molecule has 0 aliphatic carbocycles. The molecule has 0 bridgehead atoms. The van der Waals surface area contributed by atoms with Crippen LogP contribution in [0.15, 0.2) is 18.3 Å². The maximum Gasteiger partial charge on any atom is 0.413 e. The number of imide groups is 1. The van der Waals surface area contributed by atoms with Crippen LogP contribution in [0.25, 0.3) is 0 Å². The van der Waals surface area contributed by atoms with Gasteiger partial charge >= 0.3 is 11.9 Å². The molecule has 0 saturated carbocycles. The van der Waals surface area contributed by atoms with Gasteiger partial charge in [0.1, 0.15) is 6.20 Å². The second kappa shape index (κ2) is 6.89. The number of hydrogen-bond donors (Lipinski definition) is 1. The molecule has 0 fully saturated rings. The van der Waals surface area contributed by atoms with Crippen LogP contribution in [0.3, 0.4) is 0 Å². The molecule has 9 nitrogen and oxygen atoms in total. The molecule has 1 N–H and O–H groups in total. The molecule has 102 valence electrons. The van der Waals surface area contributed by atoms with Crippen LogP contribution in [-0.2, 0) is 9.53 Å². The quantitative estimate of drug-likeness (QED) is 0.614. The fraction of sp³-hybridized carbons (Fsp3) is 0.300. The highest BCUT2D eigenvalue weighted by Gasteiger charge is 2.17. The van der Waals surface area contributed by atoms with E-state index in [1.165, 1.54) is 18.3 Å². The van der Waals surface area contributed by atoms with Crippen LogP contribution in [-0.4, -0.2) is 35.1 Å². The fourth-order valence-electron chi connectivity index (χ4n) is 1.09. The zero-order valence-electron chi connectivity index (χ0n) is 9.99. The molecule has 1 aromatic heterocycles. The highest BCUT2D eigenvalue weighted by molar-refractivity contribution is 5.92. The lowest BCUT2D eigenvalue weighted by Crippen LogP contribution is -2.34. The Bertz CT molecular complexity index is 490. The van der Waals surface area contributed by atoms with Crippen LogP contribution in [0.4, 0.5) is 10.6 Å². The smallest absolute Gasteiger partial charge is 0.413 e. The van der Waals surface area contributed by atoms with E-state index in [-0.39, 0.29) is 12.4 Å². The highest BCUT2D eigenvalue weighted by atomic mass is 16.6. The van der Waals surface area contributed by atoms with E-state index >= 15 is 0 Å². The number of carbonyl (C=O) groups is 2. The number of nitro groups is 1. The first kappa shape index (κ1) is 14.4. The summed E-state index contributed by atoms with van der Waals surface area (Å²) in [5.41, 5.74) is 0. The zero-order chi connectivity index (χ0) is 14.3. The lowest BCUT2D eigenvalue weighted by atomic mass is 10.4. The number of ether oxygens (including phenoxy) is 2. The second-order valence-corrected chi connectivity index (χ2v) is 3.14. The van der Waals surface area contributed by atoms with Crippen molar-refractivity contribution in [2.24, 2.45) is 0 Å². The van der Waals surface area contributed by atoms with Gasteiger partial charge in [0.05, 0.1) is 6.61 Å². The number of rotatable bonds is 5. The Morgan fingerprint density at radius 2 is 2.26 bits per heavy atom. The Balaban J connectivity index is 2.55. The molecule has 1 heterocycles. The van der Waals surface area contributed by atoms with Crippen LogP contribution in [0.1, 0.15) is 6.92 Å². The van der Waals surface area contributed by atoms with Crippen molar-refractivity contribution in [3.8, 4) is 5.75 Å². The van der Waals surface area contributed by atoms with E-state index in [0.717, 1.165) is 0 Å². The maximum absolute atomic E-state index is 11.3. The molecule has 2 amide bonds.